The first kappa shape index (κ1) is 31.3. The molecule has 5 rings (SSSR count). The van der Waals surface area contributed by atoms with Crippen molar-refractivity contribution >= 4 is 23.4 Å². The minimum absolute atomic E-state index is 0.0860. The van der Waals surface area contributed by atoms with E-state index in [0.717, 1.165) is 29.4 Å². The smallest absolute Gasteiger partial charge is 0.255 e. The summed E-state index contributed by atoms with van der Waals surface area (Å²) >= 11 is 0. The molecule has 2 aromatic rings. The van der Waals surface area contributed by atoms with Crippen molar-refractivity contribution in [1.29, 1.82) is 0 Å². The summed E-state index contributed by atoms with van der Waals surface area (Å²) in [5.74, 6) is 2.44. The molecule has 1 amide bonds. The maximum Gasteiger partial charge on any atom is 0.255 e. The number of hydrogen-bond acceptors (Lipinski definition) is 10. The van der Waals surface area contributed by atoms with E-state index in [-0.39, 0.29) is 17.9 Å². The normalized spacial score (nSPS) is 17.1. The lowest BCUT2D eigenvalue weighted by molar-refractivity contribution is 0.0272. The van der Waals surface area contributed by atoms with Crippen LogP contribution in [0.5, 0.6) is 11.5 Å². The molecule has 11 nitrogen and oxygen atoms in total. The van der Waals surface area contributed by atoms with Crippen molar-refractivity contribution in [2.75, 3.05) is 78.7 Å². The number of carbonyl (C=O) groups excluding carboxylic acids is 1. The summed E-state index contributed by atoms with van der Waals surface area (Å²) in [7, 11) is 4.06. The summed E-state index contributed by atoms with van der Waals surface area (Å²) in [6.07, 6.45) is 0.709. The monoisotopic (exact) mass is 580 g/mol. The fourth-order valence-corrected chi connectivity index (χ4v) is 4.71. The Morgan fingerprint density at radius 2 is 1.69 bits per heavy atom. The fraction of sp³-hybridized carbons (Fsp3) is 0.516. The second-order valence-electron chi connectivity index (χ2n) is 11.4. The number of rotatable bonds is 5. The third-order valence-corrected chi connectivity index (χ3v) is 6.56. The van der Waals surface area contributed by atoms with Crippen LogP contribution in [0.4, 0.5) is 5.69 Å². The van der Waals surface area contributed by atoms with E-state index < -0.39 is 0 Å². The third kappa shape index (κ3) is 10.3. The highest BCUT2D eigenvalue weighted by atomic mass is 16.6. The summed E-state index contributed by atoms with van der Waals surface area (Å²) in [4.78, 5) is 24.7. The molecule has 42 heavy (non-hydrogen) atoms. The number of amidine groups is 1. The van der Waals surface area contributed by atoms with Crippen LogP contribution in [0.25, 0.3) is 0 Å². The second-order valence-corrected chi connectivity index (χ2v) is 11.4. The van der Waals surface area contributed by atoms with Gasteiger partial charge in [0.25, 0.3) is 5.91 Å². The highest BCUT2D eigenvalue weighted by Gasteiger charge is 2.22. The van der Waals surface area contributed by atoms with E-state index in [2.05, 4.69) is 44.7 Å². The van der Waals surface area contributed by atoms with Crippen LogP contribution in [-0.4, -0.2) is 96.0 Å². The van der Waals surface area contributed by atoms with Crippen LogP contribution in [-0.2, 0) is 16.0 Å². The van der Waals surface area contributed by atoms with Gasteiger partial charge in [-0.05, 0) is 49.3 Å². The van der Waals surface area contributed by atoms with Gasteiger partial charge in [-0.15, -0.1) is 0 Å². The fourth-order valence-electron chi connectivity index (χ4n) is 4.71. The summed E-state index contributed by atoms with van der Waals surface area (Å²) in [5.41, 5.74) is 2.21. The van der Waals surface area contributed by atoms with E-state index in [1.54, 1.807) is 6.07 Å². The number of aliphatic imine (C=N–C) groups is 2. The highest BCUT2D eigenvalue weighted by Crippen LogP contribution is 2.25. The van der Waals surface area contributed by atoms with Gasteiger partial charge in [0.1, 0.15) is 30.5 Å². The molecule has 228 valence electrons. The average molecular weight is 581 g/mol. The lowest BCUT2D eigenvalue weighted by Crippen LogP contribution is -2.40. The summed E-state index contributed by atoms with van der Waals surface area (Å²) in [6.45, 7) is 9.30. The van der Waals surface area contributed by atoms with Gasteiger partial charge in [-0.25, -0.2) is 9.98 Å². The predicted octanol–water partition coefficient (Wildman–Crippen LogP) is 3.17. The van der Waals surface area contributed by atoms with Crippen LogP contribution in [0.15, 0.2) is 52.4 Å². The Hall–Kier alpha value is -3.67. The van der Waals surface area contributed by atoms with E-state index in [1.807, 2.05) is 50.5 Å². The van der Waals surface area contributed by atoms with Crippen molar-refractivity contribution in [3.8, 4) is 11.5 Å². The number of fused-ring (bicyclic) bond motifs is 12. The van der Waals surface area contributed by atoms with Crippen LogP contribution >= 0.6 is 0 Å². The zero-order valence-corrected chi connectivity index (χ0v) is 25.2. The zero-order chi connectivity index (χ0) is 29.8. The number of ether oxygens (including phenoxy) is 4. The standard InChI is InChI=1S/C31H44N6O5/c1-31(2,22-37(3)4)21-34-29(38)26-10-7-24-19-27(26)42-18-16-40-14-13-39-15-17-41-25-8-5-23(6-9-25)20-33-30-32-12-11-28(35-24)36-30/h5-10,19H,11-18,20-22H2,1-4H3,(H,34,38)(H2,32,33,35,36). The molecule has 0 fully saturated rings. The first-order valence-electron chi connectivity index (χ1n) is 14.5. The van der Waals surface area contributed by atoms with E-state index >= 15 is 0 Å². The number of nitrogens with one attached hydrogen (secondary N) is 3. The molecule has 0 atom stereocenters. The van der Waals surface area contributed by atoms with E-state index in [0.29, 0.717) is 76.4 Å². The molecular formula is C31H44N6O5. The Labute approximate surface area is 248 Å². The molecule has 2 aromatic carbocycles. The maximum atomic E-state index is 13.2. The van der Waals surface area contributed by atoms with Crippen LogP contribution in [0.1, 0.15) is 36.2 Å². The van der Waals surface area contributed by atoms with Crippen molar-refractivity contribution in [3.63, 3.8) is 0 Å². The first-order chi connectivity index (χ1) is 20.3. The van der Waals surface area contributed by atoms with E-state index in [9.17, 15) is 4.79 Å². The number of amides is 1. The predicted molar refractivity (Wildman–Crippen MR) is 165 cm³/mol. The van der Waals surface area contributed by atoms with Crippen LogP contribution in [0.2, 0.25) is 0 Å². The van der Waals surface area contributed by atoms with Gasteiger partial charge in [-0.3, -0.25) is 4.79 Å². The van der Waals surface area contributed by atoms with Gasteiger partial charge in [0.05, 0.1) is 38.5 Å². The quantitative estimate of drug-likeness (QED) is 0.462. The van der Waals surface area contributed by atoms with Crippen LogP contribution in [0.3, 0.4) is 0 Å². The Morgan fingerprint density at radius 3 is 2.43 bits per heavy atom. The van der Waals surface area contributed by atoms with Crippen LogP contribution < -0.4 is 25.4 Å². The molecule has 0 spiro atoms. The van der Waals surface area contributed by atoms with E-state index in [1.165, 1.54) is 0 Å². The van der Waals surface area contributed by atoms with Crippen molar-refractivity contribution in [2.45, 2.75) is 26.8 Å². The second kappa shape index (κ2) is 15.5. The Balaban J connectivity index is 1.50. The Kier molecular flexibility index (Phi) is 11.6. The Morgan fingerprint density at radius 1 is 0.976 bits per heavy atom. The van der Waals surface area contributed by atoms with Gasteiger partial charge in [-0.1, -0.05) is 26.0 Å². The van der Waals surface area contributed by atoms with Crippen molar-refractivity contribution < 1.29 is 23.7 Å². The first-order valence-corrected chi connectivity index (χ1v) is 14.5. The molecular weight excluding hydrogens is 536 g/mol. The topological polar surface area (TPSA) is 118 Å². The van der Waals surface area contributed by atoms with Gasteiger partial charge in [-0.2, -0.15) is 0 Å². The lowest BCUT2D eigenvalue weighted by Gasteiger charge is -2.28. The van der Waals surface area contributed by atoms with Gasteiger partial charge in [0, 0.05) is 37.8 Å². The molecule has 6 bridgehead atoms. The molecule has 0 unspecified atom stereocenters. The minimum atomic E-state index is -0.182. The molecule has 3 aliphatic heterocycles. The molecule has 11 heteroatoms. The van der Waals surface area contributed by atoms with Crippen molar-refractivity contribution in [1.82, 2.24) is 15.5 Å². The van der Waals surface area contributed by atoms with E-state index in [4.69, 9.17) is 18.9 Å². The zero-order valence-electron chi connectivity index (χ0n) is 25.2. The molecule has 0 saturated heterocycles. The van der Waals surface area contributed by atoms with Gasteiger partial charge >= 0.3 is 0 Å². The number of carbonyl (C=O) groups is 1. The molecule has 0 radical (unpaired) electrons. The maximum absolute atomic E-state index is 13.2. The number of anilines is 1. The van der Waals surface area contributed by atoms with Gasteiger partial charge < -0.3 is 39.8 Å². The highest BCUT2D eigenvalue weighted by molar-refractivity contribution is 6.05. The summed E-state index contributed by atoms with van der Waals surface area (Å²) < 4.78 is 23.1. The largest absolute Gasteiger partial charge is 0.491 e. The lowest BCUT2D eigenvalue weighted by atomic mass is 9.93. The number of guanidine groups is 1. The van der Waals surface area contributed by atoms with Crippen LogP contribution in [0, 0.1) is 5.41 Å². The average Bonchev–Trinajstić information content (AvgIpc) is 2.96. The molecule has 3 aliphatic rings. The summed E-state index contributed by atoms with van der Waals surface area (Å²) in [5, 5.41) is 9.72. The molecule has 0 saturated carbocycles. The Bertz CT molecular complexity index is 1230. The minimum Gasteiger partial charge on any atom is -0.491 e. The number of nitrogens with zero attached hydrogens (tertiary/aromatic N) is 3. The SMILES string of the molecule is CN(C)CC(C)(C)CNC(=O)c1ccc2cc1OCCOCCOCCOc1ccc(cc1)CN=C1N=C(CCN1)N2. The third-order valence-electron chi connectivity index (χ3n) is 6.56. The van der Waals surface area contributed by atoms with Crippen molar-refractivity contribution in [3.05, 3.63) is 53.6 Å². The molecule has 3 N–H and O–H groups in total. The molecule has 0 aliphatic carbocycles. The van der Waals surface area contributed by atoms with Crippen molar-refractivity contribution in [2.24, 2.45) is 15.4 Å². The number of hydrogen-bond donors (Lipinski definition) is 3. The van der Waals surface area contributed by atoms with Gasteiger partial charge in [0.2, 0.25) is 5.96 Å². The number of benzene rings is 2. The van der Waals surface area contributed by atoms with Gasteiger partial charge in [0.15, 0.2) is 0 Å². The molecule has 3 heterocycles. The summed E-state index contributed by atoms with van der Waals surface area (Å²) in [6, 6.07) is 13.4. The molecule has 0 aromatic heterocycles.